The van der Waals surface area contributed by atoms with Gasteiger partial charge in [0.1, 0.15) is 11.3 Å². The number of aryl methyl sites for hydroxylation is 1. The highest BCUT2D eigenvalue weighted by Crippen LogP contribution is 2.49. The van der Waals surface area contributed by atoms with Crippen molar-refractivity contribution in [2.75, 3.05) is 12.4 Å². The molecule has 0 spiro atoms. The van der Waals surface area contributed by atoms with Gasteiger partial charge in [-0.1, -0.05) is 6.92 Å². The molecule has 142 valence electrons. The molecule has 3 aromatic rings. The number of alkyl halides is 2. The number of hydrogen-bond acceptors (Lipinski definition) is 3. The number of pyridine rings is 1. The highest BCUT2D eigenvalue weighted by Gasteiger charge is 2.57. The quantitative estimate of drug-likeness (QED) is 0.622. The van der Waals surface area contributed by atoms with Crippen molar-refractivity contribution in [3.8, 4) is 16.9 Å². The zero-order valence-electron chi connectivity index (χ0n) is 15.1. The summed E-state index contributed by atoms with van der Waals surface area (Å²) in [7, 11) is 1.70. The smallest absolute Gasteiger partial charge is 0.274 e. The van der Waals surface area contributed by atoms with Gasteiger partial charge in [0.05, 0.1) is 12.5 Å². The van der Waals surface area contributed by atoms with E-state index in [4.69, 9.17) is 4.74 Å². The van der Waals surface area contributed by atoms with Crippen LogP contribution < -0.4 is 10.3 Å². The predicted octanol–water partition coefficient (Wildman–Crippen LogP) is 4.68. The maximum Gasteiger partial charge on any atom is 0.274 e. The summed E-state index contributed by atoms with van der Waals surface area (Å²) in [6, 6.07) is 7.62. The minimum atomic E-state index is -2.61. The lowest BCUT2D eigenvalue weighted by Gasteiger charge is -2.15. The van der Waals surface area contributed by atoms with Crippen molar-refractivity contribution in [1.29, 1.82) is 0 Å². The van der Waals surface area contributed by atoms with Crippen LogP contribution in [0.3, 0.4) is 0 Å². The molecule has 0 aliphatic heterocycles. The number of nitrogens with zero attached hydrogens (tertiary/aromatic N) is 1. The topological polar surface area (TPSA) is 47.0 Å². The van der Waals surface area contributed by atoms with Crippen molar-refractivity contribution >= 4 is 22.7 Å². The molecule has 1 N–H and O–H groups in total. The summed E-state index contributed by atoms with van der Waals surface area (Å²) in [5.74, 6) is -1.86. The average Bonchev–Trinajstić information content (AvgIpc) is 3.03. The number of fused-ring (bicyclic) bond motifs is 1. The Morgan fingerprint density at radius 1 is 1.33 bits per heavy atom. The van der Waals surface area contributed by atoms with Gasteiger partial charge < -0.3 is 14.3 Å². The van der Waals surface area contributed by atoms with Crippen molar-refractivity contribution in [2.45, 2.75) is 24.2 Å². The van der Waals surface area contributed by atoms with Gasteiger partial charge in [0, 0.05) is 47.3 Å². The fourth-order valence-electron chi connectivity index (χ4n) is 3.23. The Hall–Kier alpha value is -2.28. The zero-order chi connectivity index (χ0) is 19.2. The Labute approximate surface area is 159 Å². The van der Waals surface area contributed by atoms with Crippen LogP contribution in [0.2, 0.25) is 0 Å². The second kappa shape index (κ2) is 6.71. The van der Waals surface area contributed by atoms with E-state index in [0.717, 1.165) is 27.2 Å². The first-order valence-corrected chi connectivity index (χ1v) is 9.84. The van der Waals surface area contributed by atoms with Crippen LogP contribution in [-0.2, 0) is 7.05 Å². The van der Waals surface area contributed by atoms with Crippen LogP contribution in [0.15, 0.2) is 46.3 Å². The van der Waals surface area contributed by atoms with Gasteiger partial charge in [-0.05, 0) is 30.0 Å². The molecular weight excluding hydrogens is 370 g/mol. The van der Waals surface area contributed by atoms with Gasteiger partial charge in [-0.3, -0.25) is 4.79 Å². The average molecular weight is 390 g/mol. The molecule has 2 heterocycles. The summed E-state index contributed by atoms with van der Waals surface area (Å²) in [6.45, 7) is 2.06. The Morgan fingerprint density at radius 3 is 2.81 bits per heavy atom. The third-order valence-corrected chi connectivity index (χ3v) is 5.72. The van der Waals surface area contributed by atoms with E-state index >= 15 is 0 Å². The zero-order valence-corrected chi connectivity index (χ0v) is 15.9. The fourth-order valence-corrected chi connectivity index (χ4v) is 3.93. The molecule has 1 aliphatic carbocycles. The van der Waals surface area contributed by atoms with E-state index in [-0.39, 0.29) is 18.6 Å². The van der Waals surface area contributed by atoms with Gasteiger partial charge >= 0.3 is 0 Å². The monoisotopic (exact) mass is 390 g/mol. The molecule has 1 atom stereocenters. The molecule has 0 bridgehead atoms. The van der Waals surface area contributed by atoms with Crippen LogP contribution in [0, 0.1) is 5.92 Å². The Bertz CT molecular complexity index is 1060. The lowest BCUT2D eigenvalue weighted by atomic mass is 10.0. The second-order valence-electron chi connectivity index (χ2n) is 6.79. The summed E-state index contributed by atoms with van der Waals surface area (Å²) < 4.78 is 33.8. The van der Waals surface area contributed by atoms with E-state index in [1.54, 1.807) is 31.2 Å². The van der Waals surface area contributed by atoms with Crippen LogP contribution in [0.25, 0.3) is 22.0 Å². The van der Waals surface area contributed by atoms with E-state index in [1.165, 1.54) is 4.57 Å². The molecule has 1 aromatic carbocycles. The number of ether oxygens (including phenoxy) is 1. The first kappa shape index (κ1) is 18.1. The summed E-state index contributed by atoms with van der Waals surface area (Å²) in [6.07, 6.45) is 3.38. The first-order chi connectivity index (χ1) is 12.9. The third kappa shape index (κ3) is 3.36. The minimum Gasteiger partial charge on any atom is -0.492 e. The van der Waals surface area contributed by atoms with Crippen molar-refractivity contribution in [3.63, 3.8) is 0 Å². The fraction of sp³-hybridized carbons (Fsp3) is 0.350. The van der Waals surface area contributed by atoms with E-state index in [9.17, 15) is 13.6 Å². The molecule has 0 radical (unpaired) electrons. The van der Waals surface area contributed by atoms with Crippen molar-refractivity contribution in [3.05, 3.63) is 47.0 Å². The van der Waals surface area contributed by atoms with Crippen molar-refractivity contribution < 1.29 is 13.5 Å². The summed E-state index contributed by atoms with van der Waals surface area (Å²) in [5.41, 5.74) is 2.04. The van der Waals surface area contributed by atoms with Gasteiger partial charge in [0.2, 0.25) is 0 Å². The van der Waals surface area contributed by atoms with Crippen LogP contribution in [0.5, 0.6) is 5.75 Å². The number of hydrogen-bond donors (Lipinski definition) is 1. The molecule has 4 rings (SSSR count). The molecule has 2 aromatic heterocycles. The summed E-state index contributed by atoms with van der Waals surface area (Å²) in [5, 5.41) is 0.790. The predicted molar refractivity (Wildman–Crippen MR) is 104 cm³/mol. The van der Waals surface area contributed by atoms with E-state index in [0.29, 0.717) is 11.3 Å². The van der Waals surface area contributed by atoms with Crippen molar-refractivity contribution in [2.24, 2.45) is 13.0 Å². The van der Waals surface area contributed by atoms with Gasteiger partial charge in [-0.25, -0.2) is 8.78 Å². The lowest BCUT2D eigenvalue weighted by molar-refractivity contribution is 0.0857. The standard InChI is InChI=1S/C20H20F2N2O2S/c1-3-27-13-4-5-17(26-11-12-9-20(12,21)22)15(8-13)16-10-24(2)19(25)18-14(16)6-7-23-18/h4-8,10,12,23H,3,9,11H2,1-2H3. The number of aromatic nitrogens is 2. The maximum absolute atomic E-state index is 13.2. The molecular formula is C20H20F2N2O2S. The molecule has 4 nitrogen and oxygen atoms in total. The number of H-pyrrole nitrogens is 1. The van der Waals surface area contributed by atoms with Crippen LogP contribution in [0.1, 0.15) is 13.3 Å². The molecule has 7 heteroatoms. The number of aromatic amines is 1. The second-order valence-corrected chi connectivity index (χ2v) is 8.13. The minimum absolute atomic E-state index is 0.0116. The number of thioether (sulfide) groups is 1. The van der Waals surface area contributed by atoms with Crippen LogP contribution >= 0.6 is 11.8 Å². The molecule has 1 saturated carbocycles. The van der Waals surface area contributed by atoms with Crippen LogP contribution in [0.4, 0.5) is 8.78 Å². The summed E-state index contributed by atoms with van der Waals surface area (Å²) in [4.78, 5) is 16.4. The molecule has 1 fully saturated rings. The Morgan fingerprint density at radius 2 is 2.11 bits per heavy atom. The van der Waals surface area contributed by atoms with E-state index in [1.807, 2.05) is 24.3 Å². The van der Waals surface area contributed by atoms with Gasteiger partial charge in [0.15, 0.2) is 0 Å². The number of benzene rings is 1. The van der Waals surface area contributed by atoms with Crippen molar-refractivity contribution in [1.82, 2.24) is 9.55 Å². The third-order valence-electron chi connectivity index (χ3n) is 4.84. The van der Waals surface area contributed by atoms with Gasteiger partial charge in [0.25, 0.3) is 11.5 Å². The highest BCUT2D eigenvalue weighted by atomic mass is 32.2. The molecule has 0 saturated heterocycles. The first-order valence-electron chi connectivity index (χ1n) is 8.85. The van der Waals surface area contributed by atoms with Crippen LogP contribution in [-0.4, -0.2) is 27.8 Å². The molecule has 1 aliphatic rings. The van der Waals surface area contributed by atoms with E-state index < -0.39 is 11.8 Å². The number of rotatable bonds is 6. The van der Waals surface area contributed by atoms with Gasteiger partial charge in [-0.15, -0.1) is 11.8 Å². The summed E-state index contributed by atoms with van der Waals surface area (Å²) >= 11 is 1.69. The number of nitrogens with one attached hydrogen (secondary N) is 1. The SMILES string of the molecule is CCSc1ccc(OCC2CC2(F)F)c(-c2cn(C)c(=O)c3[nH]ccc23)c1. The van der Waals surface area contributed by atoms with Gasteiger partial charge in [-0.2, -0.15) is 0 Å². The normalized spacial score (nSPS) is 18.0. The lowest BCUT2D eigenvalue weighted by Crippen LogP contribution is -2.16. The molecule has 1 unspecified atom stereocenters. The Balaban J connectivity index is 1.80. The maximum atomic E-state index is 13.2. The van der Waals surface area contributed by atoms with E-state index in [2.05, 4.69) is 11.9 Å². The highest BCUT2D eigenvalue weighted by molar-refractivity contribution is 7.99. The molecule has 0 amide bonds. The largest absolute Gasteiger partial charge is 0.492 e. The molecule has 27 heavy (non-hydrogen) atoms. The number of halogens is 2. The Kier molecular flexibility index (Phi) is 4.50.